The van der Waals surface area contributed by atoms with Crippen LogP contribution in [0.2, 0.25) is 0 Å². The summed E-state index contributed by atoms with van der Waals surface area (Å²) in [5.74, 6) is 0.0367. The molecule has 2 heterocycles. The number of hydrogen-bond acceptors (Lipinski definition) is 4. The number of fused-ring (bicyclic) bond motifs is 1. The molecule has 22 heavy (non-hydrogen) atoms. The largest absolute Gasteiger partial charge is 0.472 e. The predicted molar refractivity (Wildman–Crippen MR) is 83.9 cm³/mol. The molecule has 0 spiro atoms. The van der Waals surface area contributed by atoms with Crippen LogP contribution in [-0.4, -0.2) is 15.1 Å². The first-order valence-corrected chi connectivity index (χ1v) is 7.37. The Morgan fingerprint density at radius 2 is 2.05 bits per heavy atom. The summed E-state index contributed by atoms with van der Waals surface area (Å²) in [5, 5.41) is 10.8. The van der Waals surface area contributed by atoms with Crippen molar-refractivity contribution in [3.05, 3.63) is 64.3 Å². The van der Waals surface area contributed by atoms with E-state index in [1.165, 1.54) is 12.1 Å². The first-order chi connectivity index (χ1) is 10.7. The van der Waals surface area contributed by atoms with Gasteiger partial charge in [0, 0.05) is 39.4 Å². The topological polar surface area (TPSA) is 55.2 Å². The molecule has 0 atom stereocenters. The van der Waals surface area contributed by atoms with E-state index in [-0.39, 0.29) is 19.0 Å². The van der Waals surface area contributed by atoms with E-state index < -0.39 is 0 Å². The molecule has 3 rings (SSSR count). The number of aliphatic hydroxyl groups excluding tert-OH is 1. The number of nitrogens with zero attached hydrogens (tertiary/aromatic N) is 2. The zero-order valence-corrected chi connectivity index (χ0v) is 13.0. The Kier molecular flexibility index (Phi) is 4.31. The fourth-order valence-electron chi connectivity index (χ4n) is 2.12. The smallest absolute Gasteiger partial charge is 0.221 e. The van der Waals surface area contributed by atoms with Crippen LogP contribution in [0.5, 0.6) is 5.88 Å². The van der Waals surface area contributed by atoms with Gasteiger partial charge in [-0.25, -0.2) is 9.37 Å². The molecule has 3 aromatic rings. The summed E-state index contributed by atoms with van der Waals surface area (Å²) in [7, 11) is 0. The first kappa shape index (κ1) is 14.9. The highest BCUT2D eigenvalue weighted by molar-refractivity contribution is 9.10. The summed E-state index contributed by atoms with van der Waals surface area (Å²) >= 11 is 3.41. The van der Waals surface area contributed by atoms with Crippen molar-refractivity contribution in [1.82, 2.24) is 9.97 Å². The minimum Gasteiger partial charge on any atom is -0.472 e. The average molecular weight is 363 g/mol. The Morgan fingerprint density at radius 1 is 1.18 bits per heavy atom. The van der Waals surface area contributed by atoms with Crippen molar-refractivity contribution in [2.45, 2.75) is 13.2 Å². The van der Waals surface area contributed by atoms with Crippen molar-refractivity contribution in [2.75, 3.05) is 0 Å². The molecule has 0 amide bonds. The van der Waals surface area contributed by atoms with Gasteiger partial charge in [0.25, 0.3) is 0 Å². The molecule has 112 valence electrons. The average Bonchev–Trinajstić information content (AvgIpc) is 2.56. The van der Waals surface area contributed by atoms with Crippen LogP contribution >= 0.6 is 15.9 Å². The van der Waals surface area contributed by atoms with Gasteiger partial charge in [0.2, 0.25) is 5.88 Å². The lowest BCUT2D eigenvalue weighted by Crippen LogP contribution is -2.02. The number of halogens is 2. The SMILES string of the molecule is OCc1ccc(F)c(COc2ncc(Br)c3cnccc23)c1. The highest BCUT2D eigenvalue weighted by Gasteiger charge is 2.09. The van der Waals surface area contributed by atoms with Gasteiger partial charge in [-0.3, -0.25) is 4.98 Å². The number of rotatable bonds is 4. The number of pyridine rings is 2. The van der Waals surface area contributed by atoms with E-state index in [0.29, 0.717) is 17.0 Å². The lowest BCUT2D eigenvalue weighted by atomic mass is 10.1. The van der Waals surface area contributed by atoms with Crippen molar-refractivity contribution in [3.63, 3.8) is 0 Å². The molecule has 4 nitrogen and oxygen atoms in total. The van der Waals surface area contributed by atoms with Gasteiger partial charge >= 0.3 is 0 Å². The predicted octanol–water partition coefficient (Wildman–Crippen LogP) is 3.60. The van der Waals surface area contributed by atoms with E-state index in [2.05, 4.69) is 25.9 Å². The van der Waals surface area contributed by atoms with Crippen LogP contribution in [0.3, 0.4) is 0 Å². The van der Waals surface area contributed by atoms with Gasteiger partial charge in [0.15, 0.2) is 0 Å². The Hall–Kier alpha value is -2.05. The second-order valence-electron chi connectivity index (χ2n) is 4.71. The third-order valence-corrected chi connectivity index (χ3v) is 3.89. The standard InChI is InChI=1S/C16H12BrFN2O2/c17-14-7-20-16(12-3-4-19-6-13(12)14)22-9-11-5-10(8-21)1-2-15(11)18/h1-7,21H,8-9H2. The summed E-state index contributed by atoms with van der Waals surface area (Å²) in [4.78, 5) is 8.29. The second kappa shape index (κ2) is 6.37. The van der Waals surface area contributed by atoms with Crippen LogP contribution in [0.1, 0.15) is 11.1 Å². The normalized spacial score (nSPS) is 10.9. The zero-order valence-electron chi connectivity index (χ0n) is 11.5. The maximum absolute atomic E-state index is 13.8. The summed E-state index contributed by atoms with van der Waals surface area (Å²) in [5.41, 5.74) is 1.01. The first-order valence-electron chi connectivity index (χ1n) is 6.58. The molecule has 0 aliphatic heterocycles. The molecular weight excluding hydrogens is 351 g/mol. The van der Waals surface area contributed by atoms with Gasteiger partial charge in [-0.05, 0) is 39.7 Å². The molecule has 0 fully saturated rings. The molecule has 1 aromatic carbocycles. The molecule has 2 aromatic heterocycles. The van der Waals surface area contributed by atoms with Gasteiger partial charge in [-0.1, -0.05) is 6.07 Å². The van der Waals surface area contributed by atoms with Crippen LogP contribution in [-0.2, 0) is 13.2 Å². The lowest BCUT2D eigenvalue weighted by Gasteiger charge is -2.10. The molecule has 0 aliphatic rings. The van der Waals surface area contributed by atoms with Crippen molar-refractivity contribution >= 4 is 26.7 Å². The maximum atomic E-state index is 13.8. The molecule has 1 N–H and O–H groups in total. The van der Waals surface area contributed by atoms with Crippen LogP contribution in [0.4, 0.5) is 4.39 Å². The van der Waals surface area contributed by atoms with E-state index in [1.807, 2.05) is 0 Å². The van der Waals surface area contributed by atoms with Gasteiger partial charge < -0.3 is 9.84 Å². The molecular formula is C16H12BrFN2O2. The van der Waals surface area contributed by atoms with E-state index >= 15 is 0 Å². The highest BCUT2D eigenvalue weighted by Crippen LogP contribution is 2.29. The number of aliphatic hydroxyl groups is 1. The Morgan fingerprint density at radius 3 is 2.86 bits per heavy atom. The van der Waals surface area contributed by atoms with E-state index in [0.717, 1.165) is 15.2 Å². The summed E-state index contributed by atoms with van der Waals surface area (Å²) < 4.78 is 20.3. The van der Waals surface area contributed by atoms with Crippen molar-refractivity contribution in [3.8, 4) is 5.88 Å². The molecule has 0 aliphatic carbocycles. The van der Waals surface area contributed by atoms with Gasteiger partial charge in [0.05, 0.1) is 6.61 Å². The van der Waals surface area contributed by atoms with Crippen LogP contribution < -0.4 is 4.74 Å². The second-order valence-corrected chi connectivity index (χ2v) is 5.56. The zero-order chi connectivity index (χ0) is 15.5. The van der Waals surface area contributed by atoms with Gasteiger partial charge in [-0.15, -0.1) is 0 Å². The van der Waals surface area contributed by atoms with E-state index in [1.54, 1.807) is 30.7 Å². The quantitative estimate of drug-likeness (QED) is 0.770. The van der Waals surface area contributed by atoms with Gasteiger partial charge in [0.1, 0.15) is 12.4 Å². The Labute approximate surface area is 134 Å². The Bertz CT molecular complexity index is 826. The summed E-state index contributed by atoms with van der Waals surface area (Å²) in [6, 6.07) is 6.24. The molecule has 0 bridgehead atoms. The van der Waals surface area contributed by atoms with E-state index in [9.17, 15) is 4.39 Å². The van der Waals surface area contributed by atoms with Crippen LogP contribution in [0, 0.1) is 5.82 Å². The van der Waals surface area contributed by atoms with Crippen molar-refractivity contribution in [2.24, 2.45) is 0 Å². The molecule has 0 saturated heterocycles. The van der Waals surface area contributed by atoms with Crippen LogP contribution in [0.25, 0.3) is 10.8 Å². The monoisotopic (exact) mass is 362 g/mol. The summed E-state index contributed by atoms with van der Waals surface area (Å²) in [6.45, 7) is -0.107. The summed E-state index contributed by atoms with van der Waals surface area (Å²) in [6.07, 6.45) is 4.98. The third kappa shape index (κ3) is 2.93. The third-order valence-electron chi connectivity index (χ3n) is 3.26. The highest BCUT2D eigenvalue weighted by atomic mass is 79.9. The number of hydrogen-bond donors (Lipinski definition) is 1. The number of aromatic nitrogens is 2. The molecule has 0 unspecified atom stereocenters. The minimum absolute atomic E-state index is 0.0335. The van der Waals surface area contributed by atoms with Crippen molar-refractivity contribution in [1.29, 1.82) is 0 Å². The molecule has 6 heteroatoms. The molecule has 0 radical (unpaired) electrons. The molecule has 0 saturated carbocycles. The van der Waals surface area contributed by atoms with Crippen molar-refractivity contribution < 1.29 is 14.2 Å². The Balaban J connectivity index is 1.90. The maximum Gasteiger partial charge on any atom is 0.221 e. The van der Waals surface area contributed by atoms with Crippen LogP contribution in [0.15, 0.2) is 47.3 Å². The minimum atomic E-state index is -0.375. The number of benzene rings is 1. The number of ether oxygens (including phenoxy) is 1. The van der Waals surface area contributed by atoms with Gasteiger partial charge in [-0.2, -0.15) is 0 Å². The van der Waals surface area contributed by atoms with E-state index in [4.69, 9.17) is 9.84 Å². The lowest BCUT2D eigenvalue weighted by molar-refractivity contribution is 0.278. The fourth-order valence-corrected chi connectivity index (χ4v) is 2.54. The fraction of sp³-hybridized carbons (Fsp3) is 0.125.